The molecule has 0 bridgehead atoms. The minimum absolute atomic E-state index is 0.520. The Kier molecular flexibility index (Phi) is 4.02. The average molecular weight is 223 g/mol. The molecule has 1 aromatic heterocycles. The largest absolute Gasteiger partial charge is 0.467 e. The number of nitrogens with one attached hydrogen (secondary N) is 1. The van der Waals surface area contributed by atoms with E-state index in [0.29, 0.717) is 18.3 Å². The molecule has 1 heterocycles. The van der Waals surface area contributed by atoms with Crippen molar-refractivity contribution in [1.82, 2.24) is 5.32 Å². The summed E-state index contributed by atoms with van der Waals surface area (Å²) in [7, 11) is 0. The van der Waals surface area contributed by atoms with Gasteiger partial charge in [-0.3, -0.25) is 0 Å². The SMILES string of the molecule is CCCC(NCC(O)c1ccco1)C1CC1. The molecule has 90 valence electrons. The Balaban J connectivity index is 1.76. The van der Waals surface area contributed by atoms with Crippen molar-refractivity contribution in [2.75, 3.05) is 6.54 Å². The van der Waals surface area contributed by atoms with Crippen molar-refractivity contribution in [1.29, 1.82) is 0 Å². The summed E-state index contributed by atoms with van der Waals surface area (Å²) in [4.78, 5) is 0. The van der Waals surface area contributed by atoms with E-state index in [2.05, 4.69) is 12.2 Å². The fourth-order valence-electron chi connectivity index (χ4n) is 2.16. The van der Waals surface area contributed by atoms with Crippen LogP contribution in [-0.4, -0.2) is 17.7 Å². The minimum atomic E-state index is -0.520. The summed E-state index contributed by atoms with van der Waals surface area (Å²) in [5.41, 5.74) is 0. The maximum absolute atomic E-state index is 9.87. The fraction of sp³-hybridized carbons (Fsp3) is 0.692. The van der Waals surface area contributed by atoms with Gasteiger partial charge in [-0.25, -0.2) is 0 Å². The molecule has 0 amide bonds. The highest BCUT2D eigenvalue weighted by molar-refractivity contribution is 5.02. The second kappa shape index (κ2) is 5.51. The summed E-state index contributed by atoms with van der Waals surface area (Å²) in [6, 6.07) is 4.20. The molecule has 2 unspecified atom stereocenters. The average Bonchev–Trinajstić information content (AvgIpc) is 2.98. The first kappa shape index (κ1) is 11.7. The van der Waals surface area contributed by atoms with Crippen LogP contribution in [0.15, 0.2) is 22.8 Å². The third-order valence-corrected chi connectivity index (χ3v) is 3.24. The standard InChI is InChI=1S/C13H21NO2/c1-2-4-11(10-6-7-10)14-9-12(15)13-5-3-8-16-13/h3,5,8,10-12,14-15H,2,4,6-7,9H2,1H3. The number of aliphatic hydroxyl groups is 1. The van der Waals surface area contributed by atoms with Crippen molar-refractivity contribution in [2.45, 2.75) is 44.8 Å². The molecule has 1 aromatic rings. The van der Waals surface area contributed by atoms with Gasteiger partial charge in [0.2, 0.25) is 0 Å². The van der Waals surface area contributed by atoms with Gasteiger partial charge in [0.15, 0.2) is 0 Å². The third-order valence-electron chi connectivity index (χ3n) is 3.24. The molecule has 0 radical (unpaired) electrons. The fourth-order valence-corrected chi connectivity index (χ4v) is 2.16. The van der Waals surface area contributed by atoms with Crippen LogP contribution in [0.5, 0.6) is 0 Å². The zero-order valence-corrected chi connectivity index (χ0v) is 9.86. The van der Waals surface area contributed by atoms with E-state index in [-0.39, 0.29) is 0 Å². The Hall–Kier alpha value is -0.800. The first-order chi connectivity index (χ1) is 7.81. The number of rotatable bonds is 7. The second-order valence-electron chi connectivity index (χ2n) is 4.67. The molecule has 2 rings (SSSR count). The Morgan fingerprint density at radius 3 is 2.94 bits per heavy atom. The molecule has 0 aromatic carbocycles. The summed E-state index contributed by atoms with van der Waals surface area (Å²) in [6.45, 7) is 2.80. The van der Waals surface area contributed by atoms with Crippen LogP contribution >= 0.6 is 0 Å². The molecule has 3 nitrogen and oxygen atoms in total. The minimum Gasteiger partial charge on any atom is -0.467 e. The van der Waals surface area contributed by atoms with E-state index in [1.54, 1.807) is 6.26 Å². The van der Waals surface area contributed by atoms with Gasteiger partial charge in [0.05, 0.1) is 6.26 Å². The van der Waals surface area contributed by atoms with Crippen LogP contribution in [0, 0.1) is 5.92 Å². The molecule has 2 N–H and O–H groups in total. The van der Waals surface area contributed by atoms with Crippen molar-refractivity contribution in [3.8, 4) is 0 Å². The lowest BCUT2D eigenvalue weighted by atomic mass is 10.1. The second-order valence-corrected chi connectivity index (χ2v) is 4.67. The summed E-state index contributed by atoms with van der Waals surface area (Å²) in [6.07, 6.45) is 6.17. The highest BCUT2D eigenvalue weighted by atomic mass is 16.4. The number of furan rings is 1. The molecule has 0 spiro atoms. The van der Waals surface area contributed by atoms with Crippen LogP contribution in [0.3, 0.4) is 0 Å². The Morgan fingerprint density at radius 2 is 2.38 bits per heavy atom. The molecule has 1 aliphatic carbocycles. The summed E-state index contributed by atoms with van der Waals surface area (Å²) >= 11 is 0. The molecule has 2 atom stereocenters. The van der Waals surface area contributed by atoms with Gasteiger partial charge in [-0.1, -0.05) is 13.3 Å². The smallest absolute Gasteiger partial charge is 0.133 e. The van der Waals surface area contributed by atoms with E-state index < -0.39 is 6.10 Å². The van der Waals surface area contributed by atoms with Crippen LogP contribution < -0.4 is 5.32 Å². The summed E-state index contributed by atoms with van der Waals surface area (Å²) in [5.74, 6) is 1.49. The van der Waals surface area contributed by atoms with Crippen LogP contribution in [0.4, 0.5) is 0 Å². The lowest BCUT2D eigenvalue weighted by Crippen LogP contribution is -2.34. The Labute approximate surface area is 96.8 Å². The first-order valence-electron chi connectivity index (χ1n) is 6.26. The van der Waals surface area contributed by atoms with Gasteiger partial charge in [-0.05, 0) is 37.3 Å². The number of aliphatic hydroxyl groups excluding tert-OH is 1. The normalized spacial score (nSPS) is 19.6. The van der Waals surface area contributed by atoms with Gasteiger partial charge in [0.1, 0.15) is 11.9 Å². The van der Waals surface area contributed by atoms with Crippen LogP contribution in [0.2, 0.25) is 0 Å². The predicted octanol–water partition coefficient (Wildman–Crippen LogP) is 2.48. The zero-order chi connectivity index (χ0) is 11.4. The van der Waals surface area contributed by atoms with Crippen molar-refractivity contribution in [3.63, 3.8) is 0 Å². The van der Waals surface area contributed by atoms with Gasteiger partial charge < -0.3 is 14.8 Å². The molecule has 0 aliphatic heterocycles. The maximum Gasteiger partial charge on any atom is 0.133 e. The van der Waals surface area contributed by atoms with Crippen LogP contribution in [0.25, 0.3) is 0 Å². The van der Waals surface area contributed by atoms with Crippen molar-refractivity contribution < 1.29 is 9.52 Å². The molecule has 0 saturated heterocycles. The maximum atomic E-state index is 9.87. The van der Waals surface area contributed by atoms with E-state index in [1.807, 2.05) is 12.1 Å². The zero-order valence-electron chi connectivity index (χ0n) is 9.86. The van der Waals surface area contributed by atoms with Gasteiger partial charge in [0.25, 0.3) is 0 Å². The third kappa shape index (κ3) is 3.09. The molecule has 16 heavy (non-hydrogen) atoms. The lowest BCUT2D eigenvalue weighted by molar-refractivity contribution is 0.141. The van der Waals surface area contributed by atoms with Gasteiger partial charge in [0, 0.05) is 12.6 Å². The van der Waals surface area contributed by atoms with E-state index in [1.165, 1.54) is 25.7 Å². The van der Waals surface area contributed by atoms with Crippen LogP contribution in [0.1, 0.15) is 44.5 Å². The molecule has 1 aliphatic rings. The van der Waals surface area contributed by atoms with Gasteiger partial charge >= 0.3 is 0 Å². The van der Waals surface area contributed by atoms with Gasteiger partial charge in [-0.15, -0.1) is 0 Å². The lowest BCUT2D eigenvalue weighted by Gasteiger charge is -2.19. The van der Waals surface area contributed by atoms with E-state index in [9.17, 15) is 5.11 Å². The quantitative estimate of drug-likeness (QED) is 0.746. The predicted molar refractivity (Wildman–Crippen MR) is 63.1 cm³/mol. The molecule has 1 saturated carbocycles. The Bertz CT molecular complexity index is 293. The highest BCUT2D eigenvalue weighted by Crippen LogP contribution is 2.34. The van der Waals surface area contributed by atoms with E-state index in [0.717, 1.165) is 5.92 Å². The van der Waals surface area contributed by atoms with Gasteiger partial charge in [-0.2, -0.15) is 0 Å². The number of hydrogen-bond donors (Lipinski definition) is 2. The van der Waals surface area contributed by atoms with E-state index in [4.69, 9.17) is 4.42 Å². The van der Waals surface area contributed by atoms with E-state index >= 15 is 0 Å². The Morgan fingerprint density at radius 1 is 1.56 bits per heavy atom. The van der Waals surface area contributed by atoms with Crippen molar-refractivity contribution >= 4 is 0 Å². The highest BCUT2D eigenvalue weighted by Gasteiger charge is 2.30. The van der Waals surface area contributed by atoms with Crippen molar-refractivity contribution in [3.05, 3.63) is 24.2 Å². The molecular weight excluding hydrogens is 202 g/mol. The molecular formula is C13H21NO2. The first-order valence-corrected chi connectivity index (χ1v) is 6.26. The van der Waals surface area contributed by atoms with Crippen molar-refractivity contribution in [2.24, 2.45) is 5.92 Å². The molecule has 1 fully saturated rings. The summed E-state index contributed by atoms with van der Waals surface area (Å²) < 4.78 is 5.17. The van der Waals surface area contributed by atoms with Crippen LogP contribution in [-0.2, 0) is 0 Å². The summed E-state index contributed by atoms with van der Waals surface area (Å²) in [5, 5.41) is 13.3. The topological polar surface area (TPSA) is 45.4 Å². The molecule has 3 heteroatoms. The number of hydrogen-bond acceptors (Lipinski definition) is 3. The monoisotopic (exact) mass is 223 g/mol.